The van der Waals surface area contributed by atoms with Crippen LogP contribution in [0.4, 0.5) is 0 Å². The second kappa shape index (κ2) is 6.02. The van der Waals surface area contributed by atoms with Gasteiger partial charge in [0, 0.05) is 18.0 Å². The van der Waals surface area contributed by atoms with Crippen molar-refractivity contribution in [3.63, 3.8) is 0 Å². The summed E-state index contributed by atoms with van der Waals surface area (Å²) >= 11 is 0. The van der Waals surface area contributed by atoms with Crippen LogP contribution in [0, 0.1) is 0 Å². The first-order valence-electron chi connectivity index (χ1n) is 7.24. The lowest BCUT2D eigenvalue weighted by Crippen LogP contribution is -2.40. The minimum Gasteiger partial charge on any atom is -0.496 e. The highest BCUT2D eigenvalue weighted by molar-refractivity contribution is 6.02. The summed E-state index contributed by atoms with van der Waals surface area (Å²) < 4.78 is 5.26. The molecule has 0 saturated carbocycles. The molecule has 0 saturated heterocycles. The number of ketones is 1. The van der Waals surface area contributed by atoms with Crippen molar-refractivity contribution in [2.75, 3.05) is 7.11 Å². The van der Waals surface area contributed by atoms with E-state index in [4.69, 9.17) is 4.74 Å². The van der Waals surface area contributed by atoms with Crippen molar-refractivity contribution < 1.29 is 14.3 Å². The molecule has 0 heterocycles. The molecule has 0 fully saturated rings. The average Bonchev–Trinajstić information content (AvgIpc) is 2.55. The predicted octanol–water partition coefficient (Wildman–Crippen LogP) is 2.62. The molecule has 1 atom stereocenters. The van der Waals surface area contributed by atoms with Gasteiger partial charge in [-0.2, -0.15) is 0 Å². The van der Waals surface area contributed by atoms with E-state index in [9.17, 15) is 9.59 Å². The number of carbonyl (C=O) groups is 2. The highest BCUT2D eigenvalue weighted by Crippen LogP contribution is 2.29. The van der Waals surface area contributed by atoms with Gasteiger partial charge in [0.15, 0.2) is 5.78 Å². The standard InChI is InChI=1S/C18H17NO3/c1-22-16-9-5-8-13-10-14(11-15(20)17(13)16)19-18(21)12-6-3-2-4-7-12/h2-9,14H,10-11H2,1H3,(H,19,21)/t14-/m1/s1. The largest absolute Gasteiger partial charge is 0.496 e. The van der Waals surface area contributed by atoms with Gasteiger partial charge in [-0.15, -0.1) is 0 Å². The van der Waals surface area contributed by atoms with Gasteiger partial charge < -0.3 is 10.1 Å². The molecule has 3 rings (SSSR count). The van der Waals surface area contributed by atoms with E-state index in [1.807, 2.05) is 30.3 Å². The normalized spacial score (nSPS) is 16.8. The van der Waals surface area contributed by atoms with Crippen molar-refractivity contribution in [1.29, 1.82) is 0 Å². The first-order chi connectivity index (χ1) is 10.7. The lowest BCUT2D eigenvalue weighted by Gasteiger charge is -2.25. The first-order valence-corrected chi connectivity index (χ1v) is 7.24. The molecule has 112 valence electrons. The van der Waals surface area contributed by atoms with Gasteiger partial charge >= 0.3 is 0 Å². The van der Waals surface area contributed by atoms with Gasteiger partial charge in [0.1, 0.15) is 5.75 Å². The van der Waals surface area contributed by atoms with Crippen LogP contribution >= 0.6 is 0 Å². The van der Waals surface area contributed by atoms with Crippen LogP contribution in [-0.4, -0.2) is 24.8 Å². The van der Waals surface area contributed by atoms with Gasteiger partial charge in [-0.1, -0.05) is 30.3 Å². The maximum Gasteiger partial charge on any atom is 0.251 e. The average molecular weight is 295 g/mol. The summed E-state index contributed by atoms with van der Waals surface area (Å²) in [5, 5.41) is 2.94. The topological polar surface area (TPSA) is 55.4 Å². The monoisotopic (exact) mass is 295 g/mol. The molecular weight excluding hydrogens is 278 g/mol. The highest BCUT2D eigenvalue weighted by Gasteiger charge is 2.28. The maximum atomic E-state index is 12.4. The fourth-order valence-electron chi connectivity index (χ4n) is 2.86. The molecule has 1 N–H and O–H groups in total. The molecule has 4 heteroatoms. The maximum absolute atomic E-state index is 12.4. The second-order valence-corrected chi connectivity index (χ2v) is 5.36. The van der Waals surface area contributed by atoms with Crippen molar-refractivity contribution in [3.8, 4) is 5.75 Å². The highest BCUT2D eigenvalue weighted by atomic mass is 16.5. The van der Waals surface area contributed by atoms with Crippen molar-refractivity contribution in [2.24, 2.45) is 0 Å². The fraction of sp³-hybridized carbons (Fsp3) is 0.222. The van der Waals surface area contributed by atoms with E-state index in [0.29, 0.717) is 29.7 Å². The lowest BCUT2D eigenvalue weighted by molar-refractivity contribution is 0.0903. The van der Waals surface area contributed by atoms with Crippen molar-refractivity contribution >= 4 is 11.7 Å². The Kier molecular flexibility index (Phi) is 3.92. The Labute approximate surface area is 129 Å². The van der Waals surface area contributed by atoms with Crippen LogP contribution in [0.25, 0.3) is 0 Å². The number of fused-ring (bicyclic) bond motifs is 1. The van der Waals surface area contributed by atoms with Crippen molar-refractivity contribution in [1.82, 2.24) is 5.32 Å². The van der Waals surface area contributed by atoms with E-state index in [0.717, 1.165) is 5.56 Å². The molecular formula is C18H17NO3. The van der Waals surface area contributed by atoms with Crippen LogP contribution in [0.15, 0.2) is 48.5 Å². The number of carbonyl (C=O) groups excluding carboxylic acids is 2. The van der Waals surface area contributed by atoms with Crippen LogP contribution in [0.3, 0.4) is 0 Å². The molecule has 2 aromatic carbocycles. The Morgan fingerprint density at radius 3 is 2.59 bits per heavy atom. The quantitative estimate of drug-likeness (QED) is 0.947. The summed E-state index contributed by atoms with van der Waals surface area (Å²) in [4.78, 5) is 24.6. The fourth-order valence-corrected chi connectivity index (χ4v) is 2.86. The summed E-state index contributed by atoms with van der Waals surface area (Å²) in [6.45, 7) is 0. The molecule has 1 amide bonds. The Balaban J connectivity index is 1.79. The third-order valence-electron chi connectivity index (χ3n) is 3.88. The van der Waals surface area contributed by atoms with E-state index in [1.165, 1.54) is 0 Å². The number of nitrogens with one attached hydrogen (secondary N) is 1. The summed E-state index contributed by atoms with van der Waals surface area (Å²) in [5.74, 6) is 0.470. The van der Waals surface area contributed by atoms with Gasteiger partial charge in [-0.25, -0.2) is 0 Å². The van der Waals surface area contributed by atoms with E-state index in [2.05, 4.69) is 5.32 Å². The number of ether oxygens (including phenoxy) is 1. The summed E-state index contributed by atoms with van der Waals surface area (Å²) in [5.41, 5.74) is 2.18. The molecule has 1 aliphatic rings. The zero-order valence-electron chi connectivity index (χ0n) is 12.3. The number of hydrogen-bond donors (Lipinski definition) is 1. The molecule has 22 heavy (non-hydrogen) atoms. The summed E-state index contributed by atoms with van der Waals surface area (Å²) in [6.07, 6.45) is 0.933. The van der Waals surface area contributed by atoms with Crippen molar-refractivity contribution in [3.05, 3.63) is 65.2 Å². The number of amides is 1. The zero-order valence-corrected chi connectivity index (χ0v) is 12.3. The van der Waals surface area contributed by atoms with Crippen LogP contribution in [0.5, 0.6) is 5.75 Å². The smallest absolute Gasteiger partial charge is 0.251 e. The number of rotatable bonds is 3. The third kappa shape index (κ3) is 2.72. The third-order valence-corrected chi connectivity index (χ3v) is 3.88. The molecule has 0 spiro atoms. The van der Waals surface area contributed by atoms with Crippen LogP contribution in [-0.2, 0) is 6.42 Å². The van der Waals surface area contributed by atoms with Crippen LogP contribution in [0.2, 0.25) is 0 Å². The van der Waals surface area contributed by atoms with Gasteiger partial charge in [0.2, 0.25) is 0 Å². The molecule has 2 aromatic rings. The molecule has 0 aliphatic heterocycles. The van der Waals surface area contributed by atoms with E-state index in [1.54, 1.807) is 25.3 Å². The van der Waals surface area contributed by atoms with Gasteiger partial charge in [-0.3, -0.25) is 9.59 Å². The molecule has 4 nitrogen and oxygen atoms in total. The molecule has 1 aliphatic carbocycles. The van der Waals surface area contributed by atoms with E-state index >= 15 is 0 Å². The number of benzene rings is 2. The van der Waals surface area contributed by atoms with Gasteiger partial charge in [0.05, 0.1) is 12.7 Å². The summed E-state index contributed by atoms with van der Waals surface area (Å²) in [6, 6.07) is 14.4. The molecule has 0 bridgehead atoms. The first kappa shape index (κ1) is 14.3. The molecule has 0 aromatic heterocycles. The van der Waals surface area contributed by atoms with Crippen molar-refractivity contribution in [2.45, 2.75) is 18.9 Å². The minimum absolute atomic E-state index is 0.0112. The van der Waals surface area contributed by atoms with E-state index < -0.39 is 0 Å². The Bertz CT molecular complexity index is 710. The van der Waals surface area contributed by atoms with Gasteiger partial charge in [-0.05, 0) is 30.2 Å². The Morgan fingerprint density at radius 2 is 1.86 bits per heavy atom. The Hall–Kier alpha value is -2.62. The van der Waals surface area contributed by atoms with E-state index in [-0.39, 0.29) is 17.7 Å². The number of hydrogen-bond acceptors (Lipinski definition) is 3. The zero-order chi connectivity index (χ0) is 15.5. The lowest BCUT2D eigenvalue weighted by atomic mass is 9.86. The Morgan fingerprint density at radius 1 is 1.09 bits per heavy atom. The molecule has 0 radical (unpaired) electrons. The molecule has 0 unspecified atom stereocenters. The SMILES string of the molecule is COc1cccc2c1C(=O)C[C@H](NC(=O)c1ccccc1)C2. The van der Waals surface area contributed by atoms with Crippen LogP contribution in [0.1, 0.15) is 32.7 Å². The number of Topliss-reactive ketones (excluding diaryl/α,β-unsaturated/α-hetero) is 1. The summed E-state index contributed by atoms with van der Waals surface area (Å²) in [7, 11) is 1.56. The number of methoxy groups -OCH3 is 1. The minimum atomic E-state index is -0.181. The predicted molar refractivity (Wildman–Crippen MR) is 83.3 cm³/mol. The second-order valence-electron chi connectivity index (χ2n) is 5.36. The van der Waals surface area contributed by atoms with Gasteiger partial charge in [0.25, 0.3) is 5.91 Å². The van der Waals surface area contributed by atoms with Crippen LogP contribution < -0.4 is 10.1 Å².